The van der Waals surface area contributed by atoms with Crippen molar-refractivity contribution in [2.45, 2.75) is 26.3 Å². The molecule has 3 rings (SSSR count). The molecule has 2 aromatic rings. The van der Waals surface area contributed by atoms with Crippen LogP contribution in [0.25, 0.3) is 0 Å². The molecule has 0 bridgehead atoms. The van der Waals surface area contributed by atoms with Gasteiger partial charge in [-0.05, 0) is 47.0 Å². The molecular formula is C13H13BrN4O. The van der Waals surface area contributed by atoms with Gasteiger partial charge in [0.15, 0.2) is 0 Å². The number of aromatic nitrogens is 3. The Balaban J connectivity index is 1.89. The maximum Gasteiger partial charge on any atom is 0.276 e. The molecule has 0 aromatic carbocycles. The van der Waals surface area contributed by atoms with E-state index in [-0.39, 0.29) is 5.91 Å². The Hall–Kier alpha value is -1.69. The second kappa shape index (κ2) is 4.77. The van der Waals surface area contributed by atoms with E-state index in [1.165, 1.54) is 0 Å². The summed E-state index contributed by atoms with van der Waals surface area (Å²) in [7, 11) is 0. The lowest BCUT2D eigenvalue weighted by molar-refractivity contribution is 0.101. The summed E-state index contributed by atoms with van der Waals surface area (Å²) in [6, 6.07) is 3.73. The fraction of sp³-hybridized carbons (Fsp3) is 0.308. The Kier molecular flexibility index (Phi) is 3.10. The number of amides is 1. The van der Waals surface area contributed by atoms with Crippen molar-refractivity contribution in [3.05, 3.63) is 40.0 Å². The van der Waals surface area contributed by atoms with Gasteiger partial charge in [0.2, 0.25) is 0 Å². The molecule has 0 spiro atoms. The third-order valence-electron chi connectivity index (χ3n) is 3.16. The van der Waals surface area contributed by atoms with Crippen LogP contribution in [-0.4, -0.2) is 20.4 Å². The number of rotatable bonds is 2. The van der Waals surface area contributed by atoms with Gasteiger partial charge in [0, 0.05) is 19.2 Å². The number of carbonyl (C=O) groups is 1. The molecule has 0 fully saturated rings. The molecule has 0 unspecified atom stereocenters. The molecule has 1 aliphatic heterocycles. The third-order valence-corrected chi connectivity index (χ3v) is 3.71. The van der Waals surface area contributed by atoms with E-state index in [9.17, 15) is 4.79 Å². The maximum atomic E-state index is 12.3. The second-order valence-corrected chi connectivity index (χ2v) is 5.35. The van der Waals surface area contributed by atoms with Crippen molar-refractivity contribution in [3.8, 4) is 0 Å². The first-order chi connectivity index (χ1) is 9.15. The summed E-state index contributed by atoms with van der Waals surface area (Å²) in [5, 5.41) is 2.81. The Labute approximate surface area is 119 Å². The van der Waals surface area contributed by atoms with Crippen molar-refractivity contribution < 1.29 is 4.79 Å². The third kappa shape index (κ3) is 2.28. The van der Waals surface area contributed by atoms with Gasteiger partial charge in [-0.15, -0.1) is 0 Å². The zero-order chi connectivity index (χ0) is 13.4. The molecular weight excluding hydrogens is 308 g/mol. The summed E-state index contributed by atoms with van der Waals surface area (Å²) in [4.78, 5) is 20.8. The molecule has 1 aliphatic rings. The SMILES string of the molecule is Cc1ccnc(NC(=O)c2c(Br)nc3n2CCC3)c1. The largest absolute Gasteiger partial charge is 0.323 e. The number of hydrogen-bond acceptors (Lipinski definition) is 3. The predicted molar refractivity (Wildman–Crippen MR) is 75.2 cm³/mol. The number of hydrogen-bond donors (Lipinski definition) is 1. The van der Waals surface area contributed by atoms with Crippen LogP contribution in [0.2, 0.25) is 0 Å². The molecule has 1 amide bonds. The minimum atomic E-state index is -0.175. The number of pyridine rings is 1. The molecule has 0 saturated heterocycles. The van der Waals surface area contributed by atoms with E-state index >= 15 is 0 Å². The fourth-order valence-corrected chi connectivity index (χ4v) is 2.89. The van der Waals surface area contributed by atoms with E-state index in [0.29, 0.717) is 16.1 Å². The van der Waals surface area contributed by atoms with Gasteiger partial charge in [-0.1, -0.05) is 0 Å². The van der Waals surface area contributed by atoms with Crippen LogP contribution in [0.15, 0.2) is 22.9 Å². The molecule has 19 heavy (non-hydrogen) atoms. The summed E-state index contributed by atoms with van der Waals surface area (Å²) in [5.41, 5.74) is 1.64. The lowest BCUT2D eigenvalue weighted by Crippen LogP contribution is -2.17. The first-order valence-corrected chi connectivity index (χ1v) is 6.93. The van der Waals surface area contributed by atoms with Gasteiger partial charge >= 0.3 is 0 Å². The number of nitrogens with one attached hydrogen (secondary N) is 1. The minimum Gasteiger partial charge on any atom is -0.323 e. The van der Waals surface area contributed by atoms with Crippen LogP contribution in [0.4, 0.5) is 5.82 Å². The van der Waals surface area contributed by atoms with E-state index in [1.807, 2.05) is 23.6 Å². The number of aryl methyl sites for hydroxylation is 2. The second-order valence-electron chi connectivity index (χ2n) is 4.60. The van der Waals surface area contributed by atoms with Crippen molar-refractivity contribution >= 4 is 27.7 Å². The maximum absolute atomic E-state index is 12.3. The summed E-state index contributed by atoms with van der Waals surface area (Å²) in [6.07, 6.45) is 3.65. The van der Waals surface area contributed by atoms with Crippen molar-refractivity contribution in [1.29, 1.82) is 0 Å². The summed E-state index contributed by atoms with van der Waals surface area (Å²) >= 11 is 3.36. The molecule has 3 heterocycles. The molecule has 0 aliphatic carbocycles. The van der Waals surface area contributed by atoms with Gasteiger partial charge in [0.1, 0.15) is 21.9 Å². The average Bonchev–Trinajstić information content (AvgIpc) is 2.88. The smallest absolute Gasteiger partial charge is 0.276 e. The molecule has 98 valence electrons. The molecule has 0 radical (unpaired) electrons. The van der Waals surface area contributed by atoms with Crippen LogP contribution in [0, 0.1) is 6.92 Å². The first-order valence-electron chi connectivity index (χ1n) is 6.14. The van der Waals surface area contributed by atoms with Crippen molar-refractivity contribution in [3.63, 3.8) is 0 Å². The van der Waals surface area contributed by atoms with Crippen molar-refractivity contribution in [2.24, 2.45) is 0 Å². The summed E-state index contributed by atoms with van der Waals surface area (Å²) in [5.74, 6) is 1.35. The van der Waals surface area contributed by atoms with Crippen LogP contribution in [0.1, 0.15) is 28.3 Å². The minimum absolute atomic E-state index is 0.175. The van der Waals surface area contributed by atoms with E-state index < -0.39 is 0 Å². The quantitative estimate of drug-likeness (QED) is 0.925. The topological polar surface area (TPSA) is 59.8 Å². The lowest BCUT2D eigenvalue weighted by atomic mass is 10.3. The number of halogens is 1. The van der Waals surface area contributed by atoms with Crippen molar-refractivity contribution in [1.82, 2.24) is 14.5 Å². The van der Waals surface area contributed by atoms with Crippen molar-refractivity contribution in [2.75, 3.05) is 5.32 Å². The number of imidazole rings is 1. The van der Waals surface area contributed by atoms with Gasteiger partial charge in [0.25, 0.3) is 5.91 Å². The van der Waals surface area contributed by atoms with Crippen LogP contribution in [-0.2, 0) is 13.0 Å². The average molecular weight is 321 g/mol. The molecule has 6 heteroatoms. The van der Waals surface area contributed by atoms with Crippen LogP contribution in [0.5, 0.6) is 0 Å². The highest BCUT2D eigenvalue weighted by atomic mass is 79.9. The van der Waals surface area contributed by atoms with Crippen LogP contribution >= 0.6 is 15.9 Å². The van der Waals surface area contributed by atoms with Gasteiger partial charge in [-0.3, -0.25) is 4.79 Å². The number of anilines is 1. The highest BCUT2D eigenvalue weighted by Crippen LogP contribution is 2.24. The summed E-state index contributed by atoms with van der Waals surface area (Å²) in [6.45, 7) is 2.81. The summed E-state index contributed by atoms with van der Waals surface area (Å²) < 4.78 is 2.57. The van der Waals surface area contributed by atoms with Gasteiger partial charge in [-0.25, -0.2) is 9.97 Å². The van der Waals surface area contributed by atoms with Crippen LogP contribution < -0.4 is 5.32 Å². The molecule has 2 aromatic heterocycles. The standard InChI is InChI=1S/C13H13BrN4O/c1-8-4-5-15-9(7-8)16-13(19)11-12(14)17-10-3-2-6-18(10)11/h4-5,7H,2-3,6H2,1H3,(H,15,16,19). The zero-order valence-corrected chi connectivity index (χ0v) is 12.1. The Morgan fingerprint density at radius 2 is 2.37 bits per heavy atom. The predicted octanol–water partition coefficient (Wildman–Crippen LogP) is 2.55. The van der Waals surface area contributed by atoms with E-state index in [2.05, 4.69) is 31.2 Å². The molecule has 5 nitrogen and oxygen atoms in total. The Morgan fingerprint density at radius 3 is 3.16 bits per heavy atom. The lowest BCUT2D eigenvalue weighted by Gasteiger charge is -2.07. The number of carbonyl (C=O) groups excluding carboxylic acids is 1. The monoisotopic (exact) mass is 320 g/mol. The highest BCUT2D eigenvalue weighted by molar-refractivity contribution is 9.10. The van der Waals surface area contributed by atoms with Gasteiger partial charge in [-0.2, -0.15) is 0 Å². The van der Waals surface area contributed by atoms with Gasteiger partial charge < -0.3 is 9.88 Å². The Morgan fingerprint density at radius 1 is 1.53 bits per heavy atom. The zero-order valence-electron chi connectivity index (χ0n) is 10.5. The normalized spacial score (nSPS) is 13.4. The molecule has 0 atom stereocenters. The number of nitrogens with zero attached hydrogens (tertiary/aromatic N) is 3. The number of fused-ring (bicyclic) bond motifs is 1. The van der Waals surface area contributed by atoms with E-state index in [1.54, 1.807) is 6.20 Å². The van der Waals surface area contributed by atoms with E-state index in [4.69, 9.17) is 0 Å². The van der Waals surface area contributed by atoms with Gasteiger partial charge in [0.05, 0.1) is 0 Å². The van der Waals surface area contributed by atoms with Crippen LogP contribution in [0.3, 0.4) is 0 Å². The fourth-order valence-electron chi connectivity index (χ4n) is 2.29. The molecule has 1 N–H and O–H groups in total. The Bertz CT molecular complexity index is 650. The highest BCUT2D eigenvalue weighted by Gasteiger charge is 2.24. The first kappa shape index (κ1) is 12.3. The van der Waals surface area contributed by atoms with E-state index in [0.717, 1.165) is 30.8 Å². The molecule has 0 saturated carbocycles.